The van der Waals surface area contributed by atoms with Crippen molar-refractivity contribution >= 4 is 16.6 Å². The molecule has 1 saturated heterocycles. The van der Waals surface area contributed by atoms with Gasteiger partial charge in [-0.3, -0.25) is 4.98 Å². The van der Waals surface area contributed by atoms with Gasteiger partial charge in [-0.05, 0) is 35.6 Å². The highest BCUT2D eigenvalue weighted by Gasteiger charge is 2.28. The molecule has 4 heteroatoms. The summed E-state index contributed by atoms with van der Waals surface area (Å²) in [5.74, 6) is 1.39. The predicted octanol–water partition coefficient (Wildman–Crippen LogP) is 3.30. The van der Waals surface area contributed by atoms with Crippen molar-refractivity contribution in [3.8, 4) is 0 Å². The van der Waals surface area contributed by atoms with Gasteiger partial charge in [0.15, 0.2) is 0 Å². The lowest BCUT2D eigenvalue weighted by molar-refractivity contribution is 0.185. The maximum atomic E-state index is 5.72. The van der Waals surface area contributed by atoms with E-state index in [4.69, 9.17) is 4.74 Å². The third-order valence-corrected chi connectivity index (χ3v) is 4.44. The first kappa shape index (κ1) is 14.2. The van der Waals surface area contributed by atoms with Crippen molar-refractivity contribution < 1.29 is 4.74 Å². The quantitative estimate of drug-likeness (QED) is 0.803. The molecule has 1 fully saturated rings. The number of benzene rings is 1. The molecule has 116 valence electrons. The maximum Gasteiger partial charge on any atom is 0.134 e. The number of nitrogens with zero attached hydrogens (tertiary/aromatic N) is 2. The molecule has 0 unspecified atom stereocenters. The molecule has 0 spiro atoms. The number of anilines is 1. The highest BCUT2D eigenvalue weighted by molar-refractivity contribution is 5.91. The van der Waals surface area contributed by atoms with Crippen LogP contribution < -0.4 is 5.32 Å². The Bertz CT molecular complexity index is 785. The third kappa shape index (κ3) is 3.03. The Kier molecular flexibility index (Phi) is 3.90. The van der Waals surface area contributed by atoms with Crippen molar-refractivity contribution in [2.75, 3.05) is 18.5 Å². The van der Waals surface area contributed by atoms with Crippen LogP contribution in [0.15, 0.2) is 61.1 Å². The number of ether oxygens (including phenoxy) is 1. The van der Waals surface area contributed by atoms with Crippen LogP contribution in [-0.2, 0) is 11.2 Å². The van der Waals surface area contributed by atoms with Crippen LogP contribution in [0.1, 0.15) is 5.56 Å². The summed E-state index contributed by atoms with van der Waals surface area (Å²) in [6.07, 6.45) is 6.54. The Morgan fingerprint density at radius 3 is 2.78 bits per heavy atom. The van der Waals surface area contributed by atoms with Crippen LogP contribution in [0.2, 0.25) is 0 Å². The predicted molar refractivity (Wildman–Crippen MR) is 91.4 cm³/mol. The van der Waals surface area contributed by atoms with E-state index in [1.807, 2.05) is 24.7 Å². The summed E-state index contributed by atoms with van der Waals surface area (Å²) in [6, 6.07) is 14.8. The molecule has 1 aromatic carbocycles. The zero-order valence-electron chi connectivity index (χ0n) is 12.9. The van der Waals surface area contributed by atoms with Crippen LogP contribution in [0.3, 0.4) is 0 Å². The molecule has 0 radical (unpaired) electrons. The Balaban J connectivity index is 1.55. The average Bonchev–Trinajstić information content (AvgIpc) is 3.03. The summed E-state index contributed by atoms with van der Waals surface area (Å²) in [6.45, 7) is 1.51. The largest absolute Gasteiger partial charge is 0.379 e. The van der Waals surface area contributed by atoms with Gasteiger partial charge < -0.3 is 10.1 Å². The van der Waals surface area contributed by atoms with E-state index in [1.165, 1.54) is 10.9 Å². The number of pyridine rings is 2. The van der Waals surface area contributed by atoms with Crippen LogP contribution in [0.4, 0.5) is 5.82 Å². The van der Waals surface area contributed by atoms with Crippen molar-refractivity contribution in [2.45, 2.75) is 12.5 Å². The van der Waals surface area contributed by atoms with E-state index < -0.39 is 0 Å². The SMILES string of the molecule is c1ccc2c(N[C@@H]3COC[C@H]3Cc3ccncc3)nccc2c1. The number of hydrogen-bond donors (Lipinski definition) is 1. The van der Waals surface area contributed by atoms with Gasteiger partial charge in [0.2, 0.25) is 0 Å². The first-order valence-electron chi connectivity index (χ1n) is 7.97. The molecule has 3 aromatic rings. The second kappa shape index (κ2) is 6.34. The van der Waals surface area contributed by atoms with Crippen LogP contribution >= 0.6 is 0 Å². The maximum absolute atomic E-state index is 5.72. The Morgan fingerprint density at radius 2 is 1.87 bits per heavy atom. The van der Waals surface area contributed by atoms with Gasteiger partial charge in [-0.25, -0.2) is 4.98 Å². The molecular weight excluding hydrogens is 286 g/mol. The highest BCUT2D eigenvalue weighted by Crippen LogP contribution is 2.26. The topological polar surface area (TPSA) is 47.0 Å². The summed E-state index contributed by atoms with van der Waals surface area (Å²) >= 11 is 0. The standard InChI is InChI=1S/C19H19N3O/c1-2-4-17-15(3-1)7-10-21-19(17)22-18-13-23-12-16(18)11-14-5-8-20-9-6-14/h1-10,16,18H,11-13H2,(H,21,22)/t16-,18-/m1/s1. The lowest BCUT2D eigenvalue weighted by Gasteiger charge is -2.20. The fourth-order valence-corrected chi connectivity index (χ4v) is 3.19. The second-order valence-electron chi connectivity index (χ2n) is 5.99. The fraction of sp³-hybridized carbons (Fsp3) is 0.263. The fourth-order valence-electron chi connectivity index (χ4n) is 3.19. The normalized spacial score (nSPS) is 20.7. The van der Waals surface area contributed by atoms with Gasteiger partial charge in [-0.2, -0.15) is 0 Å². The van der Waals surface area contributed by atoms with Crippen LogP contribution in [-0.4, -0.2) is 29.2 Å². The summed E-state index contributed by atoms with van der Waals surface area (Å²) in [5.41, 5.74) is 1.30. The summed E-state index contributed by atoms with van der Waals surface area (Å²) < 4.78 is 5.72. The summed E-state index contributed by atoms with van der Waals surface area (Å²) in [7, 11) is 0. The van der Waals surface area contributed by atoms with Crippen molar-refractivity contribution in [3.05, 3.63) is 66.6 Å². The third-order valence-electron chi connectivity index (χ3n) is 4.44. The molecule has 0 bridgehead atoms. The van der Waals surface area contributed by atoms with Gasteiger partial charge in [-0.15, -0.1) is 0 Å². The van der Waals surface area contributed by atoms with Crippen molar-refractivity contribution in [3.63, 3.8) is 0 Å². The molecule has 1 aliphatic rings. The molecule has 1 N–H and O–H groups in total. The molecule has 2 aromatic heterocycles. The number of rotatable bonds is 4. The van der Waals surface area contributed by atoms with E-state index in [0.717, 1.165) is 30.8 Å². The molecule has 4 rings (SSSR count). The van der Waals surface area contributed by atoms with Gasteiger partial charge in [0.25, 0.3) is 0 Å². The average molecular weight is 305 g/mol. The lowest BCUT2D eigenvalue weighted by Crippen LogP contribution is -2.29. The number of aromatic nitrogens is 2. The molecule has 4 nitrogen and oxygen atoms in total. The Labute approximate surface area is 135 Å². The van der Waals surface area contributed by atoms with Gasteiger partial charge in [0.05, 0.1) is 19.3 Å². The Morgan fingerprint density at radius 1 is 1.00 bits per heavy atom. The number of hydrogen-bond acceptors (Lipinski definition) is 4. The molecular formula is C19H19N3O. The van der Waals surface area contributed by atoms with Crippen molar-refractivity contribution in [1.82, 2.24) is 9.97 Å². The zero-order chi connectivity index (χ0) is 15.5. The smallest absolute Gasteiger partial charge is 0.134 e. The number of nitrogens with one attached hydrogen (secondary N) is 1. The van der Waals surface area contributed by atoms with E-state index in [-0.39, 0.29) is 6.04 Å². The molecule has 0 saturated carbocycles. The van der Waals surface area contributed by atoms with E-state index >= 15 is 0 Å². The van der Waals surface area contributed by atoms with Gasteiger partial charge in [0.1, 0.15) is 5.82 Å². The Hall–Kier alpha value is -2.46. The minimum absolute atomic E-state index is 0.279. The lowest BCUT2D eigenvalue weighted by atomic mass is 9.95. The summed E-state index contributed by atoms with van der Waals surface area (Å²) in [5, 5.41) is 5.96. The highest BCUT2D eigenvalue weighted by atomic mass is 16.5. The van der Waals surface area contributed by atoms with Gasteiger partial charge in [-0.1, -0.05) is 24.3 Å². The monoisotopic (exact) mass is 305 g/mol. The van der Waals surface area contributed by atoms with E-state index in [9.17, 15) is 0 Å². The van der Waals surface area contributed by atoms with Crippen LogP contribution in [0.25, 0.3) is 10.8 Å². The minimum atomic E-state index is 0.279. The number of fused-ring (bicyclic) bond motifs is 1. The van der Waals surface area contributed by atoms with Crippen LogP contribution in [0, 0.1) is 5.92 Å². The molecule has 2 atom stereocenters. The molecule has 3 heterocycles. The van der Waals surface area contributed by atoms with Crippen LogP contribution in [0.5, 0.6) is 0 Å². The molecule has 0 amide bonds. The first-order valence-corrected chi connectivity index (χ1v) is 7.97. The second-order valence-corrected chi connectivity index (χ2v) is 5.99. The molecule has 23 heavy (non-hydrogen) atoms. The van der Waals surface area contributed by atoms with E-state index in [0.29, 0.717) is 5.92 Å². The van der Waals surface area contributed by atoms with Crippen molar-refractivity contribution in [1.29, 1.82) is 0 Å². The minimum Gasteiger partial charge on any atom is -0.379 e. The first-order chi connectivity index (χ1) is 11.4. The van der Waals surface area contributed by atoms with Gasteiger partial charge >= 0.3 is 0 Å². The molecule has 0 aliphatic carbocycles. The van der Waals surface area contributed by atoms with E-state index in [2.05, 4.69) is 51.7 Å². The van der Waals surface area contributed by atoms with Gasteiger partial charge in [0, 0.05) is 29.9 Å². The zero-order valence-corrected chi connectivity index (χ0v) is 12.9. The molecule has 1 aliphatic heterocycles. The summed E-state index contributed by atoms with van der Waals surface area (Å²) in [4.78, 5) is 8.62. The van der Waals surface area contributed by atoms with E-state index in [1.54, 1.807) is 0 Å². The van der Waals surface area contributed by atoms with Crippen molar-refractivity contribution in [2.24, 2.45) is 5.92 Å².